The maximum atomic E-state index is 11.7. The first-order chi connectivity index (χ1) is 7.88. The van der Waals surface area contributed by atoms with Crippen molar-refractivity contribution in [2.75, 3.05) is 13.2 Å². The van der Waals surface area contributed by atoms with Gasteiger partial charge in [0, 0.05) is 6.04 Å². The molecule has 4 heteroatoms. The van der Waals surface area contributed by atoms with Gasteiger partial charge in [-0.1, -0.05) is 6.42 Å². The fourth-order valence-corrected chi connectivity index (χ4v) is 2.05. The minimum Gasteiger partial charge on any atom is -0.463 e. The Morgan fingerprint density at radius 1 is 1.29 bits per heavy atom. The molecule has 0 saturated heterocycles. The number of esters is 1. The van der Waals surface area contributed by atoms with Crippen molar-refractivity contribution in [1.82, 2.24) is 0 Å². The van der Waals surface area contributed by atoms with Gasteiger partial charge in [0.05, 0.1) is 18.1 Å². The van der Waals surface area contributed by atoms with Crippen LogP contribution in [0.2, 0.25) is 0 Å². The highest BCUT2D eigenvalue weighted by Gasteiger charge is 2.26. The molecular formula is C13H25NO3. The van der Waals surface area contributed by atoms with Gasteiger partial charge < -0.3 is 15.2 Å². The largest absolute Gasteiger partial charge is 0.463 e. The summed E-state index contributed by atoms with van der Waals surface area (Å²) in [5.41, 5.74) is 5.66. The molecule has 100 valence electrons. The summed E-state index contributed by atoms with van der Waals surface area (Å²) in [6.45, 7) is 6.73. The fraction of sp³-hybridized carbons (Fsp3) is 0.923. The van der Waals surface area contributed by atoms with Crippen molar-refractivity contribution in [2.24, 2.45) is 11.7 Å². The van der Waals surface area contributed by atoms with Gasteiger partial charge in [0.15, 0.2) is 0 Å². The summed E-state index contributed by atoms with van der Waals surface area (Å²) < 4.78 is 10.7. The number of ether oxygens (including phenoxy) is 2. The molecule has 0 aromatic carbocycles. The van der Waals surface area contributed by atoms with Gasteiger partial charge in [-0.15, -0.1) is 0 Å². The monoisotopic (exact) mass is 243 g/mol. The van der Waals surface area contributed by atoms with E-state index in [1.54, 1.807) is 0 Å². The van der Waals surface area contributed by atoms with Crippen molar-refractivity contribution in [3.05, 3.63) is 0 Å². The maximum Gasteiger partial charge on any atom is 0.309 e. The SMILES string of the molecule is CC(C)(C)OCCOC(=O)C1CCCC(N)C1. The van der Waals surface area contributed by atoms with E-state index in [4.69, 9.17) is 15.2 Å². The summed E-state index contributed by atoms with van der Waals surface area (Å²) in [7, 11) is 0. The van der Waals surface area contributed by atoms with Crippen LogP contribution in [0.5, 0.6) is 0 Å². The Kier molecular flexibility index (Phi) is 5.40. The van der Waals surface area contributed by atoms with Gasteiger partial charge in [-0.3, -0.25) is 4.79 Å². The highest BCUT2D eigenvalue weighted by Crippen LogP contribution is 2.24. The van der Waals surface area contributed by atoms with Crippen LogP contribution in [0.15, 0.2) is 0 Å². The maximum absolute atomic E-state index is 11.7. The van der Waals surface area contributed by atoms with E-state index in [9.17, 15) is 4.79 Å². The minimum atomic E-state index is -0.181. The highest BCUT2D eigenvalue weighted by molar-refractivity contribution is 5.72. The van der Waals surface area contributed by atoms with E-state index in [-0.39, 0.29) is 23.5 Å². The molecule has 0 aromatic rings. The molecule has 17 heavy (non-hydrogen) atoms. The van der Waals surface area contributed by atoms with Crippen LogP contribution in [0, 0.1) is 5.92 Å². The summed E-state index contributed by atoms with van der Waals surface area (Å²) in [5.74, 6) is -0.119. The van der Waals surface area contributed by atoms with Crippen LogP contribution in [0.25, 0.3) is 0 Å². The molecule has 2 unspecified atom stereocenters. The lowest BCUT2D eigenvalue weighted by molar-refractivity contribution is -0.153. The normalized spacial score (nSPS) is 25.6. The molecule has 1 rings (SSSR count). The van der Waals surface area contributed by atoms with Crippen molar-refractivity contribution in [2.45, 2.75) is 58.1 Å². The first kappa shape index (κ1) is 14.5. The van der Waals surface area contributed by atoms with Crippen LogP contribution < -0.4 is 5.73 Å². The zero-order valence-corrected chi connectivity index (χ0v) is 11.2. The predicted octanol–water partition coefficient (Wildman–Crippen LogP) is 1.86. The number of carbonyl (C=O) groups excluding carboxylic acids is 1. The van der Waals surface area contributed by atoms with Crippen LogP contribution in [0.3, 0.4) is 0 Å². The van der Waals surface area contributed by atoms with Gasteiger partial charge in [0.1, 0.15) is 6.61 Å². The minimum absolute atomic E-state index is 0.00612. The zero-order valence-electron chi connectivity index (χ0n) is 11.2. The van der Waals surface area contributed by atoms with E-state index in [0.717, 1.165) is 25.7 Å². The molecule has 0 radical (unpaired) electrons. The molecule has 2 N–H and O–H groups in total. The number of carbonyl (C=O) groups is 1. The molecular weight excluding hydrogens is 218 g/mol. The number of hydrogen-bond donors (Lipinski definition) is 1. The Balaban J connectivity index is 2.16. The highest BCUT2D eigenvalue weighted by atomic mass is 16.6. The lowest BCUT2D eigenvalue weighted by atomic mass is 9.86. The molecule has 1 aliphatic rings. The van der Waals surface area contributed by atoms with Crippen LogP contribution in [0.4, 0.5) is 0 Å². The Morgan fingerprint density at radius 2 is 2.00 bits per heavy atom. The van der Waals surface area contributed by atoms with E-state index >= 15 is 0 Å². The lowest BCUT2D eigenvalue weighted by Crippen LogP contribution is -2.33. The van der Waals surface area contributed by atoms with Gasteiger partial charge in [-0.05, 0) is 40.0 Å². The predicted molar refractivity (Wildman–Crippen MR) is 66.6 cm³/mol. The van der Waals surface area contributed by atoms with Crippen molar-refractivity contribution in [3.8, 4) is 0 Å². The average Bonchev–Trinajstić information content (AvgIpc) is 2.23. The summed E-state index contributed by atoms with van der Waals surface area (Å²) in [4.78, 5) is 11.7. The second-order valence-electron chi connectivity index (χ2n) is 5.75. The number of nitrogens with two attached hydrogens (primary N) is 1. The fourth-order valence-electron chi connectivity index (χ4n) is 2.05. The standard InChI is InChI=1S/C13H25NO3/c1-13(2,3)17-8-7-16-12(15)10-5-4-6-11(14)9-10/h10-11H,4-9,14H2,1-3H3. The van der Waals surface area contributed by atoms with Crippen molar-refractivity contribution in [3.63, 3.8) is 0 Å². The molecule has 0 aromatic heterocycles. The van der Waals surface area contributed by atoms with E-state index in [2.05, 4.69) is 0 Å². The lowest BCUT2D eigenvalue weighted by Gasteiger charge is -2.25. The van der Waals surface area contributed by atoms with Crippen LogP contribution >= 0.6 is 0 Å². The summed E-state index contributed by atoms with van der Waals surface area (Å²) in [6, 6.07) is 0.159. The van der Waals surface area contributed by atoms with Crippen LogP contribution in [-0.2, 0) is 14.3 Å². The van der Waals surface area contributed by atoms with E-state index in [1.165, 1.54) is 0 Å². The Labute approximate surface area is 104 Å². The third-order valence-corrected chi connectivity index (χ3v) is 2.91. The Hall–Kier alpha value is -0.610. The second kappa shape index (κ2) is 6.36. The molecule has 0 heterocycles. The molecule has 0 amide bonds. The molecule has 0 spiro atoms. The molecule has 0 aliphatic heterocycles. The Morgan fingerprint density at radius 3 is 2.59 bits per heavy atom. The topological polar surface area (TPSA) is 61.5 Å². The first-order valence-electron chi connectivity index (χ1n) is 6.44. The zero-order chi connectivity index (χ0) is 12.9. The van der Waals surface area contributed by atoms with Gasteiger partial charge in [0.25, 0.3) is 0 Å². The third-order valence-electron chi connectivity index (χ3n) is 2.91. The van der Waals surface area contributed by atoms with Crippen molar-refractivity contribution < 1.29 is 14.3 Å². The van der Waals surface area contributed by atoms with E-state index < -0.39 is 0 Å². The quantitative estimate of drug-likeness (QED) is 0.605. The number of hydrogen-bond acceptors (Lipinski definition) is 4. The summed E-state index contributed by atoms with van der Waals surface area (Å²) in [6.07, 6.45) is 3.72. The van der Waals surface area contributed by atoms with Crippen LogP contribution in [0.1, 0.15) is 46.5 Å². The number of rotatable bonds is 4. The smallest absolute Gasteiger partial charge is 0.309 e. The van der Waals surface area contributed by atoms with Crippen molar-refractivity contribution in [1.29, 1.82) is 0 Å². The Bertz CT molecular complexity index is 248. The van der Waals surface area contributed by atoms with E-state index in [0.29, 0.717) is 13.2 Å². The van der Waals surface area contributed by atoms with Gasteiger partial charge in [-0.2, -0.15) is 0 Å². The molecule has 1 aliphatic carbocycles. The van der Waals surface area contributed by atoms with Crippen molar-refractivity contribution >= 4 is 5.97 Å². The third kappa shape index (κ3) is 6.03. The molecule has 0 bridgehead atoms. The molecule has 1 saturated carbocycles. The second-order valence-corrected chi connectivity index (χ2v) is 5.75. The average molecular weight is 243 g/mol. The summed E-state index contributed by atoms with van der Waals surface area (Å²) >= 11 is 0. The first-order valence-corrected chi connectivity index (χ1v) is 6.44. The summed E-state index contributed by atoms with van der Waals surface area (Å²) in [5, 5.41) is 0. The molecule has 4 nitrogen and oxygen atoms in total. The van der Waals surface area contributed by atoms with Gasteiger partial charge in [0.2, 0.25) is 0 Å². The van der Waals surface area contributed by atoms with Gasteiger partial charge in [-0.25, -0.2) is 0 Å². The van der Waals surface area contributed by atoms with Crippen LogP contribution in [-0.4, -0.2) is 30.8 Å². The van der Waals surface area contributed by atoms with E-state index in [1.807, 2.05) is 20.8 Å². The van der Waals surface area contributed by atoms with Gasteiger partial charge >= 0.3 is 5.97 Å². The molecule has 1 fully saturated rings. The molecule has 2 atom stereocenters.